The molecule has 0 atom stereocenters. The fraction of sp³-hybridized carbons (Fsp3) is 0. The Morgan fingerprint density at radius 2 is 1.72 bits per heavy atom. The highest BCUT2D eigenvalue weighted by Crippen LogP contribution is 2.35. The third-order valence-electron chi connectivity index (χ3n) is 2.11. The molecule has 3 nitrogen and oxygen atoms in total. The van der Waals surface area contributed by atoms with Crippen molar-refractivity contribution in [3.8, 4) is 0 Å². The van der Waals surface area contributed by atoms with Crippen LogP contribution in [-0.2, 0) is 0 Å². The van der Waals surface area contributed by atoms with Crippen LogP contribution in [0.4, 0.5) is 5.69 Å². The van der Waals surface area contributed by atoms with Gasteiger partial charge in [0.1, 0.15) is 0 Å². The van der Waals surface area contributed by atoms with Crippen molar-refractivity contribution >= 4 is 75.3 Å². The highest BCUT2D eigenvalue weighted by Gasteiger charge is 2.16. The quantitative estimate of drug-likeness (QED) is 0.582. The maximum atomic E-state index is 12.0. The molecule has 0 radical (unpaired) electrons. The van der Waals surface area contributed by atoms with Crippen LogP contribution < -0.4 is 5.32 Å². The molecule has 7 heteroatoms. The van der Waals surface area contributed by atoms with E-state index in [1.54, 1.807) is 6.07 Å². The second-order valence-corrected chi connectivity index (χ2v) is 6.65. The van der Waals surface area contributed by atoms with Crippen LogP contribution in [0.15, 0.2) is 47.0 Å². The Balaban J connectivity index is 2.31. The average Bonchev–Trinajstić information content (AvgIpc) is 2.69. The SMILES string of the molecule is O=C(Nc1c(Br)cc(Br)cc1Br)c1ccoc1Br. The number of carbonyl (C=O) groups excluding carboxylic acids is 1. The van der Waals surface area contributed by atoms with Gasteiger partial charge in [0.25, 0.3) is 5.91 Å². The number of furan rings is 1. The highest BCUT2D eigenvalue weighted by molar-refractivity contribution is 9.11. The van der Waals surface area contributed by atoms with Gasteiger partial charge in [-0.3, -0.25) is 4.79 Å². The number of nitrogens with one attached hydrogen (secondary N) is 1. The minimum atomic E-state index is -0.251. The summed E-state index contributed by atoms with van der Waals surface area (Å²) >= 11 is 13.3. The molecule has 2 aromatic rings. The van der Waals surface area contributed by atoms with Crippen molar-refractivity contribution < 1.29 is 9.21 Å². The maximum absolute atomic E-state index is 12.0. The first-order valence-electron chi connectivity index (χ1n) is 4.68. The zero-order chi connectivity index (χ0) is 13.3. The number of rotatable bonds is 2. The molecule has 18 heavy (non-hydrogen) atoms. The van der Waals surface area contributed by atoms with Crippen molar-refractivity contribution in [3.05, 3.63) is 48.1 Å². The zero-order valence-corrected chi connectivity index (χ0v) is 15.0. The summed E-state index contributed by atoms with van der Waals surface area (Å²) in [5.41, 5.74) is 1.10. The molecule has 1 aromatic carbocycles. The van der Waals surface area contributed by atoms with Gasteiger partial charge in [-0.15, -0.1) is 0 Å². The molecule has 0 saturated carbocycles. The Hall–Kier alpha value is -0.110. The van der Waals surface area contributed by atoms with Crippen LogP contribution in [0.3, 0.4) is 0 Å². The lowest BCUT2D eigenvalue weighted by Crippen LogP contribution is -2.12. The molecular weight excluding hydrogens is 498 g/mol. The third-order valence-corrected chi connectivity index (χ3v) is 4.43. The van der Waals surface area contributed by atoms with E-state index < -0.39 is 0 Å². The lowest BCUT2D eigenvalue weighted by molar-refractivity contribution is 0.102. The summed E-state index contributed by atoms with van der Waals surface area (Å²) in [6, 6.07) is 5.30. The number of carbonyl (C=O) groups is 1. The highest BCUT2D eigenvalue weighted by atomic mass is 79.9. The van der Waals surface area contributed by atoms with Gasteiger partial charge in [-0.1, -0.05) is 15.9 Å². The summed E-state index contributed by atoms with van der Waals surface area (Å²) in [6.45, 7) is 0. The van der Waals surface area contributed by atoms with E-state index in [-0.39, 0.29) is 5.91 Å². The van der Waals surface area contributed by atoms with Crippen molar-refractivity contribution in [1.82, 2.24) is 0 Å². The first-order valence-corrected chi connectivity index (χ1v) is 7.85. The zero-order valence-electron chi connectivity index (χ0n) is 8.64. The van der Waals surface area contributed by atoms with Crippen LogP contribution in [0.1, 0.15) is 10.4 Å². The molecule has 0 spiro atoms. The molecule has 2 rings (SSSR count). The molecule has 1 amide bonds. The Bertz CT molecular complexity index is 586. The summed E-state index contributed by atoms with van der Waals surface area (Å²) in [5.74, 6) is -0.251. The van der Waals surface area contributed by atoms with Crippen LogP contribution in [0, 0.1) is 0 Å². The number of halogens is 4. The molecule has 0 aliphatic carbocycles. The number of amides is 1. The first kappa shape index (κ1) is 14.3. The second kappa shape index (κ2) is 5.90. The third kappa shape index (κ3) is 3.07. The molecule has 0 aliphatic heterocycles. The summed E-state index contributed by atoms with van der Waals surface area (Å²) < 4.78 is 7.89. The van der Waals surface area contributed by atoms with Gasteiger partial charge in [0.05, 0.1) is 17.5 Å². The van der Waals surface area contributed by atoms with E-state index in [1.165, 1.54) is 6.26 Å². The largest absolute Gasteiger partial charge is 0.457 e. The van der Waals surface area contributed by atoms with E-state index in [2.05, 4.69) is 69.0 Å². The smallest absolute Gasteiger partial charge is 0.260 e. The molecule has 1 aromatic heterocycles. The predicted octanol–water partition coefficient (Wildman–Crippen LogP) is 5.58. The standard InChI is InChI=1S/C11H5Br4NO2/c12-5-3-7(13)9(8(14)4-5)16-11(17)6-1-2-18-10(6)15/h1-4H,(H,16,17). The monoisotopic (exact) mass is 499 g/mol. The van der Waals surface area contributed by atoms with E-state index in [9.17, 15) is 4.79 Å². The molecule has 1 N–H and O–H groups in total. The molecule has 0 aliphatic rings. The molecule has 0 bridgehead atoms. The van der Waals surface area contributed by atoms with E-state index in [4.69, 9.17) is 4.42 Å². The normalized spacial score (nSPS) is 10.4. The van der Waals surface area contributed by atoms with Gasteiger partial charge >= 0.3 is 0 Å². The van der Waals surface area contributed by atoms with Crippen molar-refractivity contribution in [2.75, 3.05) is 5.32 Å². The van der Waals surface area contributed by atoms with Gasteiger partial charge in [-0.2, -0.15) is 0 Å². The lowest BCUT2D eigenvalue weighted by atomic mass is 10.3. The van der Waals surface area contributed by atoms with Crippen LogP contribution in [-0.4, -0.2) is 5.91 Å². The van der Waals surface area contributed by atoms with E-state index in [0.717, 1.165) is 13.4 Å². The Morgan fingerprint density at radius 3 is 2.22 bits per heavy atom. The van der Waals surface area contributed by atoms with Crippen molar-refractivity contribution in [1.29, 1.82) is 0 Å². The van der Waals surface area contributed by atoms with Crippen molar-refractivity contribution in [3.63, 3.8) is 0 Å². The summed E-state index contributed by atoms with van der Waals surface area (Å²) in [7, 11) is 0. The Morgan fingerprint density at radius 1 is 1.11 bits per heavy atom. The summed E-state index contributed by atoms with van der Waals surface area (Å²) in [6.07, 6.45) is 1.45. The van der Waals surface area contributed by atoms with Gasteiger partial charge in [0.2, 0.25) is 0 Å². The maximum Gasteiger partial charge on any atom is 0.260 e. The van der Waals surface area contributed by atoms with Crippen LogP contribution >= 0.6 is 63.7 Å². The topological polar surface area (TPSA) is 42.2 Å². The van der Waals surface area contributed by atoms with E-state index >= 15 is 0 Å². The van der Waals surface area contributed by atoms with Gasteiger partial charge < -0.3 is 9.73 Å². The van der Waals surface area contributed by atoms with E-state index in [0.29, 0.717) is 15.9 Å². The van der Waals surface area contributed by atoms with Crippen molar-refractivity contribution in [2.45, 2.75) is 0 Å². The van der Waals surface area contributed by atoms with Crippen molar-refractivity contribution in [2.24, 2.45) is 0 Å². The summed E-state index contributed by atoms with van der Waals surface area (Å²) in [5, 5.41) is 2.81. The minimum Gasteiger partial charge on any atom is -0.457 e. The van der Waals surface area contributed by atoms with E-state index in [1.807, 2.05) is 12.1 Å². The molecule has 1 heterocycles. The predicted molar refractivity (Wildman–Crippen MR) is 83.9 cm³/mol. The molecular formula is C11H5Br4NO2. The van der Waals surface area contributed by atoms with Gasteiger partial charge in [-0.25, -0.2) is 0 Å². The molecule has 0 fully saturated rings. The summed E-state index contributed by atoms with van der Waals surface area (Å²) in [4.78, 5) is 12.0. The second-order valence-electron chi connectivity index (χ2n) is 3.31. The number of hydrogen-bond donors (Lipinski definition) is 1. The number of hydrogen-bond acceptors (Lipinski definition) is 2. The Kier molecular flexibility index (Phi) is 4.69. The number of anilines is 1. The molecule has 0 saturated heterocycles. The fourth-order valence-corrected chi connectivity index (χ4v) is 4.18. The van der Waals surface area contributed by atoms with Crippen LogP contribution in [0.25, 0.3) is 0 Å². The van der Waals surface area contributed by atoms with Gasteiger partial charge in [-0.05, 0) is 66.0 Å². The van der Waals surface area contributed by atoms with Gasteiger partial charge in [0, 0.05) is 13.4 Å². The van der Waals surface area contributed by atoms with Crippen LogP contribution in [0.5, 0.6) is 0 Å². The molecule has 94 valence electrons. The van der Waals surface area contributed by atoms with Gasteiger partial charge in [0.15, 0.2) is 4.67 Å². The molecule has 0 unspecified atom stereocenters. The Labute approximate surface area is 137 Å². The first-order chi connectivity index (χ1) is 8.49. The fourth-order valence-electron chi connectivity index (χ4n) is 1.30. The number of benzene rings is 1. The van der Waals surface area contributed by atoms with Crippen LogP contribution in [0.2, 0.25) is 0 Å². The average molecular weight is 503 g/mol. The minimum absolute atomic E-state index is 0.251. The lowest BCUT2D eigenvalue weighted by Gasteiger charge is -2.09.